The molecule has 0 radical (unpaired) electrons. The van der Waals surface area contributed by atoms with Crippen LogP contribution in [0.15, 0.2) is 18.2 Å². The van der Waals surface area contributed by atoms with Gasteiger partial charge in [-0.2, -0.15) is 4.98 Å². The van der Waals surface area contributed by atoms with Gasteiger partial charge < -0.3 is 15.5 Å². The van der Waals surface area contributed by atoms with Crippen LogP contribution in [-0.2, 0) is 0 Å². The van der Waals surface area contributed by atoms with E-state index in [-0.39, 0.29) is 23.6 Å². The van der Waals surface area contributed by atoms with Gasteiger partial charge in [0.25, 0.3) is 5.91 Å². The van der Waals surface area contributed by atoms with E-state index >= 15 is 0 Å². The van der Waals surface area contributed by atoms with Crippen LogP contribution in [0.3, 0.4) is 0 Å². The zero-order valence-corrected chi connectivity index (χ0v) is 17.2. The van der Waals surface area contributed by atoms with Crippen LogP contribution in [0.2, 0.25) is 0 Å². The third-order valence-electron chi connectivity index (χ3n) is 5.36. The molecule has 0 spiro atoms. The highest BCUT2D eigenvalue weighted by molar-refractivity contribution is 5.94. The first-order chi connectivity index (χ1) is 13.7. The molecular formula is C21H27F2N5O. The predicted octanol–water partition coefficient (Wildman–Crippen LogP) is 3.59. The van der Waals surface area contributed by atoms with Gasteiger partial charge in [0.1, 0.15) is 5.82 Å². The summed E-state index contributed by atoms with van der Waals surface area (Å²) in [6, 6.07) is 3.42. The summed E-state index contributed by atoms with van der Waals surface area (Å²) in [4.78, 5) is 23.4. The van der Waals surface area contributed by atoms with Crippen molar-refractivity contribution in [2.75, 3.05) is 24.3 Å². The SMILES string of the molecule is Cc1nc(NC2CCC(NC(=O)c3ccc(F)c(F)c3)CC2)nc(N(C)C)c1C. The predicted molar refractivity (Wildman–Crippen MR) is 109 cm³/mol. The summed E-state index contributed by atoms with van der Waals surface area (Å²) in [6.07, 6.45) is 3.30. The number of anilines is 2. The summed E-state index contributed by atoms with van der Waals surface area (Å²) >= 11 is 0. The minimum atomic E-state index is -1.02. The van der Waals surface area contributed by atoms with E-state index in [1.54, 1.807) is 0 Å². The molecule has 0 aliphatic heterocycles. The molecule has 2 aromatic rings. The van der Waals surface area contributed by atoms with Crippen molar-refractivity contribution in [3.05, 3.63) is 46.7 Å². The molecule has 1 saturated carbocycles. The number of rotatable bonds is 5. The Morgan fingerprint density at radius 1 is 1.03 bits per heavy atom. The molecule has 1 amide bonds. The van der Waals surface area contributed by atoms with Gasteiger partial charge in [-0.3, -0.25) is 4.79 Å². The van der Waals surface area contributed by atoms with E-state index < -0.39 is 11.6 Å². The molecule has 3 rings (SSSR count). The fourth-order valence-electron chi connectivity index (χ4n) is 3.58. The van der Waals surface area contributed by atoms with Gasteiger partial charge in [0, 0.05) is 43.0 Å². The van der Waals surface area contributed by atoms with Gasteiger partial charge in [-0.25, -0.2) is 13.8 Å². The normalized spacial score (nSPS) is 19.0. The monoisotopic (exact) mass is 403 g/mol. The number of nitrogens with zero attached hydrogens (tertiary/aromatic N) is 3. The molecule has 6 nitrogen and oxygen atoms in total. The zero-order valence-electron chi connectivity index (χ0n) is 17.2. The first kappa shape index (κ1) is 21.0. The van der Waals surface area contributed by atoms with Gasteiger partial charge in [-0.1, -0.05) is 0 Å². The average molecular weight is 403 g/mol. The smallest absolute Gasteiger partial charge is 0.251 e. The molecule has 1 heterocycles. The topological polar surface area (TPSA) is 70.1 Å². The van der Waals surface area contributed by atoms with Crippen LogP contribution in [0.1, 0.15) is 47.3 Å². The Bertz CT molecular complexity index is 895. The summed E-state index contributed by atoms with van der Waals surface area (Å²) < 4.78 is 26.4. The lowest BCUT2D eigenvalue weighted by atomic mass is 9.91. The van der Waals surface area contributed by atoms with Crippen LogP contribution in [0.25, 0.3) is 0 Å². The Morgan fingerprint density at radius 2 is 1.69 bits per heavy atom. The van der Waals surface area contributed by atoms with Crippen LogP contribution in [0.5, 0.6) is 0 Å². The molecule has 8 heteroatoms. The Kier molecular flexibility index (Phi) is 6.30. The Hall–Kier alpha value is -2.77. The number of hydrogen-bond donors (Lipinski definition) is 2. The summed E-state index contributed by atoms with van der Waals surface area (Å²) in [6.45, 7) is 3.98. The van der Waals surface area contributed by atoms with E-state index in [0.717, 1.165) is 54.9 Å². The van der Waals surface area contributed by atoms with Crippen molar-refractivity contribution in [1.29, 1.82) is 0 Å². The summed E-state index contributed by atoms with van der Waals surface area (Å²) in [5.74, 6) is -0.845. The molecular weight excluding hydrogens is 376 g/mol. The van der Waals surface area contributed by atoms with Gasteiger partial charge in [-0.05, 0) is 57.7 Å². The highest BCUT2D eigenvalue weighted by Gasteiger charge is 2.24. The van der Waals surface area contributed by atoms with Crippen molar-refractivity contribution < 1.29 is 13.6 Å². The Morgan fingerprint density at radius 3 is 2.31 bits per heavy atom. The molecule has 1 aliphatic carbocycles. The van der Waals surface area contributed by atoms with Crippen molar-refractivity contribution in [2.24, 2.45) is 0 Å². The largest absolute Gasteiger partial charge is 0.362 e. The number of carbonyl (C=O) groups is 1. The van der Waals surface area contributed by atoms with Crippen molar-refractivity contribution in [3.8, 4) is 0 Å². The molecule has 156 valence electrons. The Balaban J connectivity index is 1.55. The standard InChI is InChI=1S/C21H27F2N5O/c1-12-13(2)24-21(27-19(12)28(3)4)26-16-8-6-15(7-9-16)25-20(29)14-5-10-17(22)18(23)11-14/h5,10-11,15-16H,6-9H2,1-4H3,(H,25,29)(H,24,26,27). The number of aryl methyl sites for hydroxylation is 1. The third-order valence-corrected chi connectivity index (χ3v) is 5.36. The van der Waals surface area contributed by atoms with Crippen molar-refractivity contribution in [2.45, 2.75) is 51.6 Å². The molecule has 29 heavy (non-hydrogen) atoms. The van der Waals surface area contributed by atoms with Gasteiger partial charge in [0.05, 0.1) is 0 Å². The van der Waals surface area contributed by atoms with Crippen molar-refractivity contribution in [3.63, 3.8) is 0 Å². The molecule has 1 fully saturated rings. The lowest BCUT2D eigenvalue weighted by Crippen LogP contribution is -2.40. The maximum Gasteiger partial charge on any atom is 0.251 e. The van der Waals surface area contributed by atoms with E-state index in [1.165, 1.54) is 6.07 Å². The molecule has 2 N–H and O–H groups in total. The van der Waals surface area contributed by atoms with Gasteiger partial charge in [0.2, 0.25) is 5.95 Å². The molecule has 1 aromatic heterocycles. The average Bonchev–Trinajstić information content (AvgIpc) is 2.68. The van der Waals surface area contributed by atoms with Gasteiger partial charge in [0.15, 0.2) is 11.6 Å². The lowest BCUT2D eigenvalue weighted by molar-refractivity contribution is 0.0926. The summed E-state index contributed by atoms with van der Waals surface area (Å²) in [7, 11) is 3.92. The fourth-order valence-corrected chi connectivity index (χ4v) is 3.58. The van der Waals surface area contributed by atoms with Crippen LogP contribution in [-0.4, -0.2) is 42.1 Å². The molecule has 0 saturated heterocycles. The van der Waals surface area contributed by atoms with Crippen molar-refractivity contribution in [1.82, 2.24) is 15.3 Å². The molecule has 1 aliphatic rings. The van der Waals surface area contributed by atoms with E-state index in [9.17, 15) is 13.6 Å². The van der Waals surface area contributed by atoms with Crippen LogP contribution >= 0.6 is 0 Å². The minimum Gasteiger partial charge on any atom is -0.362 e. The highest BCUT2D eigenvalue weighted by Crippen LogP contribution is 2.24. The van der Waals surface area contributed by atoms with E-state index in [0.29, 0.717) is 5.95 Å². The number of amides is 1. The second-order valence-electron chi connectivity index (χ2n) is 7.77. The number of nitrogens with one attached hydrogen (secondary N) is 2. The summed E-state index contributed by atoms with van der Waals surface area (Å²) in [5, 5.41) is 6.32. The maximum atomic E-state index is 13.3. The van der Waals surface area contributed by atoms with Gasteiger partial charge >= 0.3 is 0 Å². The molecule has 0 atom stereocenters. The zero-order chi connectivity index (χ0) is 21.1. The van der Waals surface area contributed by atoms with Crippen LogP contribution < -0.4 is 15.5 Å². The molecule has 0 unspecified atom stereocenters. The van der Waals surface area contributed by atoms with E-state index in [2.05, 4.69) is 20.6 Å². The van der Waals surface area contributed by atoms with Gasteiger partial charge in [-0.15, -0.1) is 0 Å². The van der Waals surface area contributed by atoms with Crippen LogP contribution in [0.4, 0.5) is 20.5 Å². The minimum absolute atomic E-state index is 0.00618. The van der Waals surface area contributed by atoms with Crippen LogP contribution in [0, 0.1) is 25.5 Å². The number of hydrogen-bond acceptors (Lipinski definition) is 5. The molecule has 1 aromatic carbocycles. The summed E-state index contributed by atoms with van der Waals surface area (Å²) in [5.41, 5.74) is 2.13. The maximum absolute atomic E-state index is 13.3. The first-order valence-corrected chi connectivity index (χ1v) is 9.79. The number of halogens is 2. The quantitative estimate of drug-likeness (QED) is 0.798. The van der Waals surface area contributed by atoms with E-state index in [4.69, 9.17) is 0 Å². The Labute approximate surface area is 169 Å². The lowest BCUT2D eigenvalue weighted by Gasteiger charge is -2.30. The second-order valence-corrected chi connectivity index (χ2v) is 7.77. The second kappa shape index (κ2) is 8.71. The number of aromatic nitrogens is 2. The fraction of sp³-hybridized carbons (Fsp3) is 0.476. The first-order valence-electron chi connectivity index (χ1n) is 9.79. The number of carbonyl (C=O) groups excluding carboxylic acids is 1. The molecule has 0 bridgehead atoms. The van der Waals surface area contributed by atoms with Crippen molar-refractivity contribution >= 4 is 17.7 Å². The van der Waals surface area contributed by atoms with E-state index in [1.807, 2.05) is 32.8 Å². The third kappa shape index (κ3) is 4.99. The number of benzene rings is 1. The highest BCUT2D eigenvalue weighted by atomic mass is 19.2.